The lowest BCUT2D eigenvalue weighted by Crippen LogP contribution is -2.29. The monoisotopic (exact) mass is 254 g/mol. The summed E-state index contributed by atoms with van der Waals surface area (Å²) in [7, 11) is 0. The summed E-state index contributed by atoms with van der Waals surface area (Å²) in [6, 6.07) is 0. The van der Waals surface area contributed by atoms with Crippen LogP contribution in [-0.4, -0.2) is 18.2 Å². The van der Waals surface area contributed by atoms with Gasteiger partial charge >= 0.3 is 11.9 Å². The van der Waals surface area contributed by atoms with Crippen molar-refractivity contribution in [3.05, 3.63) is 11.6 Å². The average Bonchev–Trinajstić information content (AvgIpc) is 2.36. The second kappa shape index (κ2) is 5.55. The summed E-state index contributed by atoms with van der Waals surface area (Å²) in [4.78, 5) is 22.0. The molecule has 1 atom stereocenters. The van der Waals surface area contributed by atoms with Crippen LogP contribution in [0.2, 0.25) is 0 Å². The lowest BCUT2D eigenvalue weighted by atomic mass is 9.80. The third-order valence-electron chi connectivity index (χ3n) is 3.31. The third kappa shape index (κ3) is 4.17. The Morgan fingerprint density at radius 2 is 1.83 bits per heavy atom. The number of hydrogen-bond donors (Lipinski definition) is 0. The Kier molecular flexibility index (Phi) is 4.54. The van der Waals surface area contributed by atoms with E-state index >= 15 is 0 Å². The topological polar surface area (TPSA) is 52.6 Å². The van der Waals surface area contributed by atoms with Crippen molar-refractivity contribution in [2.45, 2.75) is 53.8 Å². The zero-order valence-electron chi connectivity index (χ0n) is 11.8. The molecule has 0 radical (unpaired) electrons. The van der Waals surface area contributed by atoms with Crippen molar-refractivity contribution in [1.29, 1.82) is 0 Å². The number of esters is 2. The summed E-state index contributed by atoms with van der Waals surface area (Å²) in [5, 5.41) is 0. The molecule has 1 aliphatic rings. The average molecular weight is 254 g/mol. The maximum absolute atomic E-state index is 11.0. The highest BCUT2D eigenvalue weighted by atomic mass is 16.7. The molecule has 18 heavy (non-hydrogen) atoms. The minimum absolute atomic E-state index is 0.0443. The summed E-state index contributed by atoms with van der Waals surface area (Å²) >= 11 is 0. The van der Waals surface area contributed by atoms with Crippen LogP contribution in [0.1, 0.15) is 47.5 Å². The highest BCUT2D eigenvalue weighted by Gasteiger charge is 2.36. The molecule has 4 heteroatoms. The van der Waals surface area contributed by atoms with Crippen LogP contribution < -0.4 is 0 Å². The van der Waals surface area contributed by atoms with E-state index in [2.05, 4.69) is 26.8 Å². The first-order valence-corrected chi connectivity index (χ1v) is 6.23. The Bertz CT molecular complexity index is 352. The molecule has 102 valence electrons. The molecule has 1 rings (SSSR count). The Balaban J connectivity index is 2.66. The molecule has 0 fully saturated rings. The highest BCUT2D eigenvalue weighted by Crippen LogP contribution is 2.43. The number of allylic oxidation sites excluding steroid dienone is 2. The maximum Gasteiger partial charge on any atom is 0.305 e. The summed E-state index contributed by atoms with van der Waals surface area (Å²) in [5.74, 6) is -0.537. The summed E-state index contributed by atoms with van der Waals surface area (Å²) in [5.41, 5.74) is 1.37. The number of ether oxygens (including phenoxy) is 2. The molecule has 0 aliphatic heterocycles. The van der Waals surface area contributed by atoms with Crippen molar-refractivity contribution in [1.82, 2.24) is 0 Å². The molecule has 0 aromatic rings. The van der Waals surface area contributed by atoms with Gasteiger partial charge in [0.25, 0.3) is 0 Å². The Morgan fingerprint density at radius 3 is 2.17 bits per heavy atom. The van der Waals surface area contributed by atoms with Crippen LogP contribution in [-0.2, 0) is 19.1 Å². The van der Waals surface area contributed by atoms with Crippen molar-refractivity contribution in [3.63, 3.8) is 0 Å². The van der Waals surface area contributed by atoms with Gasteiger partial charge in [-0.2, -0.15) is 0 Å². The second-order valence-corrected chi connectivity index (χ2v) is 5.60. The summed E-state index contributed by atoms with van der Waals surface area (Å²) in [6.07, 6.45) is 2.95. The maximum atomic E-state index is 11.0. The molecular formula is C14H22O4. The lowest BCUT2D eigenvalue weighted by molar-refractivity contribution is -0.188. The number of carbonyl (C=O) groups excluding carboxylic acids is 2. The number of hydrogen-bond acceptors (Lipinski definition) is 4. The van der Waals surface area contributed by atoms with Gasteiger partial charge in [-0.3, -0.25) is 9.59 Å². The van der Waals surface area contributed by atoms with Gasteiger partial charge in [-0.1, -0.05) is 25.5 Å². The van der Waals surface area contributed by atoms with Crippen molar-refractivity contribution in [3.8, 4) is 0 Å². The van der Waals surface area contributed by atoms with Crippen molar-refractivity contribution >= 4 is 11.9 Å². The molecule has 0 spiro atoms. The van der Waals surface area contributed by atoms with Gasteiger partial charge in [0, 0.05) is 20.3 Å². The third-order valence-corrected chi connectivity index (χ3v) is 3.31. The fraction of sp³-hybridized carbons (Fsp3) is 0.714. The van der Waals surface area contributed by atoms with E-state index < -0.39 is 18.2 Å². The van der Waals surface area contributed by atoms with Gasteiger partial charge in [0.05, 0.1) is 0 Å². The van der Waals surface area contributed by atoms with E-state index in [-0.39, 0.29) is 5.41 Å². The smallest absolute Gasteiger partial charge is 0.305 e. The second-order valence-electron chi connectivity index (χ2n) is 5.60. The fourth-order valence-electron chi connectivity index (χ4n) is 2.57. The van der Waals surface area contributed by atoms with E-state index in [1.165, 1.54) is 19.4 Å². The van der Waals surface area contributed by atoms with Gasteiger partial charge in [0.15, 0.2) is 0 Å². The molecule has 1 unspecified atom stereocenters. The van der Waals surface area contributed by atoms with Crippen LogP contribution in [0.25, 0.3) is 0 Å². The highest BCUT2D eigenvalue weighted by molar-refractivity contribution is 5.68. The van der Waals surface area contributed by atoms with Gasteiger partial charge < -0.3 is 9.47 Å². The lowest BCUT2D eigenvalue weighted by Gasteiger charge is -2.29. The molecule has 1 aliphatic carbocycles. The predicted octanol–water partition coefficient (Wildman–Crippen LogP) is 2.82. The van der Waals surface area contributed by atoms with Crippen LogP contribution in [0.5, 0.6) is 0 Å². The van der Waals surface area contributed by atoms with E-state index in [0.29, 0.717) is 12.3 Å². The van der Waals surface area contributed by atoms with Crippen LogP contribution in [0.3, 0.4) is 0 Å². The predicted molar refractivity (Wildman–Crippen MR) is 67.6 cm³/mol. The molecule has 0 N–H and O–H groups in total. The zero-order chi connectivity index (χ0) is 13.9. The fourth-order valence-corrected chi connectivity index (χ4v) is 2.57. The van der Waals surface area contributed by atoms with Crippen molar-refractivity contribution < 1.29 is 19.1 Å². The molecule has 0 bridgehead atoms. The standard InChI is InChI=1S/C14H22O4/c1-9-6-12(14(4,5)8-9)7-13(17-10(2)15)18-11(3)16/h8,12-13H,6-7H2,1-5H3. The van der Waals surface area contributed by atoms with Crippen LogP contribution in [0, 0.1) is 11.3 Å². The van der Waals surface area contributed by atoms with E-state index in [0.717, 1.165) is 6.42 Å². The Morgan fingerprint density at radius 1 is 1.33 bits per heavy atom. The van der Waals surface area contributed by atoms with Gasteiger partial charge in [-0.25, -0.2) is 0 Å². The Hall–Kier alpha value is -1.32. The van der Waals surface area contributed by atoms with E-state index in [4.69, 9.17) is 9.47 Å². The van der Waals surface area contributed by atoms with Crippen LogP contribution in [0.4, 0.5) is 0 Å². The molecule has 0 amide bonds. The molecule has 0 saturated heterocycles. The largest absolute Gasteiger partial charge is 0.425 e. The Labute approximate surface area is 108 Å². The SMILES string of the molecule is CC(=O)OC(CC1CC(C)=CC1(C)C)OC(C)=O. The van der Waals surface area contributed by atoms with Gasteiger partial charge in [-0.15, -0.1) is 0 Å². The first kappa shape index (κ1) is 14.7. The molecule has 4 nitrogen and oxygen atoms in total. The first-order chi connectivity index (χ1) is 8.20. The van der Waals surface area contributed by atoms with Gasteiger partial charge in [-0.05, 0) is 24.7 Å². The van der Waals surface area contributed by atoms with Gasteiger partial charge in [0.1, 0.15) is 0 Å². The minimum Gasteiger partial charge on any atom is -0.425 e. The number of rotatable bonds is 4. The van der Waals surface area contributed by atoms with E-state index in [1.807, 2.05) is 0 Å². The molecular weight excluding hydrogens is 232 g/mol. The first-order valence-electron chi connectivity index (χ1n) is 6.23. The molecule has 0 heterocycles. The molecule has 0 aromatic carbocycles. The van der Waals surface area contributed by atoms with Crippen molar-refractivity contribution in [2.75, 3.05) is 0 Å². The molecule has 0 aromatic heterocycles. The summed E-state index contributed by atoms with van der Waals surface area (Å²) in [6.45, 7) is 9.02. The zero-order valence-corrected chi connectivity index (χ0v) is 11.8. The normalized spacial score (nSPS) is 21.7. The quantitative estimate of drug-likeness (QED) is 0.440. The minimum atomic E-state index is -0.774. The number of carbonyl (C=O) groups is 2. The van der Waals surface area contributed by atoms with Gasteiger partial charge in [0.2, 0.25) is 6.29 Å². The van der Waals surface area contributed by atoms with Crippen molar-refractivity contribution in [2.24, 2.45) is 11.3 Å². The van der Waals surface area contributed by atoms with E-state index in [1.54, 1.807) is 0 Å². The van der Waals surface area contributed by atoms with Crippen LogP contribution >= 0.6 is 0 Å². The van der Waals surface area contributed by atoms with E-state index in [9.17, 15) is 9.59 Å². The summed E-state index contributed by atoms with van der Waals surface area (Å²) < 4.78 is 10.1. The molecule has 0 saturated carbocycles. The van der Waals surface area contributed by atoms with Crippen LogP contribution in [0.15, 0.2) is 11.6 Å².